The average molecular weight is 533 g/mol. The molecule has 0 aliphatic carbocycles. The van der Waals surface area contributed by atoms with Crippen molar-refractivity contribution in [1.29, 1.82) is 0 Å². The second kappa shape index (κ2) is 11.9. The number of para-hydroxylation sites is 1. The van der Waals surface area contributed by atoms with Crippen molar-refractivity contribution in [3.8, 4) is 5.75 Å². The standard InChI is InChI=1S/C28H37ClN2O6/c1-9-28(31(34)35,25(32)36-23-21(17(2)3)11-10-12-22(23)18(4)5)24(19-13-15-20(29)16-14-19)30-26(33)37-27(6,7)8/h10-18,24H,9H2,1-8H3,(H,30,33)/t24?,28-/m0/s1. The Morgan fingerprint density at radius 2 is 1.51 bits per heavy atom. The van der Waals surface area contributed by atoms with E-state index >= 15 is 0 Å². The highest BCUT2D eigenvalue weighted by Gasteiger charge is 2.59. The van der Waals surface area contributed by atoms with E-state index in [-0.39, 0.29) is 18.3 Å². The van der Waals surface area contributed by atoms with Crippen LogP contribution in [0.15, 0.2) is 42.5 Å². The summed E-state index contributed by atoms with van der Waals surface area (Å²) >= 11 is 6.05. The molecule has 2 aromatic rings. The molecule has 0 aliphatic rings. The lowest BCUT2D eigenvalue weighted by molar-refractivity contribution is -0.561. The zero-order chi connectivity index (χ0) is 28.1. The normalized spacial score (nSPS) is 14.1. The van der Waals surface area contributed by atoms with Crippen LogP contribution in [-0.2, 0) is 9.53 Å². The molecule has 0 aliphatic heterocycles. The number of nitrogens with one attached hydrogen (secondary N) is 1. The number of benzene rings is 2. The highest BCUT2D eigenvalue weighted by molar-refractivity contribution is 6.30. The minimum Gasteiger partial charge on any atom is -0.444 e. The van der Waals surface area contributed by atoms with Crippen molar-refractivity contribution in [2.75, 3.05) is 0 Å². The van der Waals surface area contributed by atoms with Gasteiger partial charge in [0.05, 0.1) is 0 Å². The molecule has 2 rings (SSSR count). The number of ether oxygens (including phenoxy) is 2. The van der Waals surface area contributed by atoms with Gasteiger partial charge in [-0.15, -0.1) is 0 Å². The molecule has 37 heavy (non-hydrogen) atoms. The molecule has 0 radical (unpaired) electrons. The van der Waals surface area contributed by atoms with Gasteiger partial charge in [0.25, 0.3) is 0 Å². The molecule has 202 valence electrons. The maximum absolute atomic E-state index is 13.9. The number of hydrogen-bond acceptors (Lipinski definition) is 6. The Labute approximate surface area is 223 Å². The molecule has 0 spiro atoms. The zero-order valence-corrected chi connectivity index (χ0v) is 23.5. The molecule has 0 aromatic heterocycles. The number of hydrogen-bond donors (Lipinski definition) is 1. The molecule has 2 aromatic carbocycles. The molecule has 9 heteroatoms. The fraction of sp³-hybridized carbons (Fsp3) is 0.500. The number of alkyl carbamates (subject to hydrolysis) is 1. The molecule has 1 amide bonds. The van der Waals surface area contributed by atoms with Crippen molar-refractivity contribution in [3.05, 3.63) is 74.3 Å². The summed E-state index contributed by atoms with van der Waals surface area (Å²) < 4.78 is 11.3. The summed E-state index contributed by atoms with van der Waals surface area (Å²) in [5.74, 6) is -0.768. The van der Waals surface area contributed by atoms with Crippen molar-refractivity contribution in [1.82, 2.24) is 5.32 Å². The predicted octanol–water partition coefficient (Wildman–Crippen LogP) is 7.18. The monoisotopic (exact) mass is 532 g/mol. The van der Waals surface area contributed by atoms with Gasteiger partial charge in [0.1, 0.15) is 17.4 Å². The number of nitrogens with zero attached hydrogens (tertiary/aromatic N) is 1. The zero-order valence-electron chi connectivity index (χ0n) is 22.8. The van der Waals surface area contributed by atoms with Gasteiger partial charge in [-0.05, 0) is 61.4 Å². The van der Waals surface area contributed by atoms with Gasteiger partial charge in [-0.1, -0.05) is 76.6 Å². The first kappa shape index (κ1) is 30.1. The molecule has 0 saturated heterocycles. The molecule has 0 saturated carbocycles. The second-order valence-electron chi connectivity index (χ2n) is 10.6. The van der Waals surface area contributed by atoms with Crippen LogP contribution in [0.3, 0.4) is 0 Å². The second-order valence-corrected chi connectivity index (χ2v) is 11.1. The van der Waals surface area contributed by atoms with Crippen LogP contribution in [0.1, 0.15) is 96.4 Å². The maximum Gasteiger partial charge on any atom is 0.408 e. The van der Waals surface area contributed by atoms with Crippen LogP contribution in [0.25, 0.3) is 0 Å². The van der Waals surface area contributed by atoms with Gasteiger partial charge >= 0.3 is 17.6 Å². The molecule has 1 unspecified atom stereocenters. The third-order valence-corrected chi connectivity index (χ3v) is 6.33. The topological polar surface area (TPSA) is 108 Å². The molecule has 1 N–H and O–H groups in total. The number of halogens is 1. The van der Waals surface area contributed by atoms with Gasteiger partial charge in [0, 0.05) is 16.4 Å². The molecule has 8 nitrogen and oxygen atoms in total. The lowest BCUT2D eigenvalue weighted by atomic mass is 9.83. The number of carbonyl (C=O) groups is 2. The maximum atomic E-state index is 13.9. The Morgan fingerprint density at radius 3 is 1.92 bits per heavy atom. The van der Waals surface area contributed by atoms with Gasteiger partial charge in [0.15, 0.2) is 0 Å². The first-order valence-corrected chi connectivity index (χ1v) is 12.8. The Morgan fingerprint density at radius 1 is 1.00 bits per heavy atom. The Hall–Kier alpha value is -3.13. The van der Waals surface area contributed by atoms with E-state index in [1.165, 1.54) is 31.2 Å². The van der Waals surface area contributed by atoms with E-state index in [0.717, 1.165) is 11.1 Å². The van der Waals surface area contributed by atoms with Crippen LogP contribution in [0.4, 0.5) is 4.79 Å². The number of rotatable bonds is 9. The third kappa shape index (κ3) is 7.01. The van der Waals surface area contributed by atoms with E-state index in [1.54, 1.807) is 20.8 Å². The van der Waals surface area contributed by atoms with E-state index in [4.69, 9.17) is 21.1 Å². The molecular weight excluding hydrogens is 496 g/mol. The SMILES string of the molecule is CC[C@@](C(=O)Oc1c(C(C)C)cccc1C(C)C)(C(NC(=O)OC(C)(C)C)c1ccc(Cl)cc1)[N+](=O)[O-]. The largest absolute Gasteiger partial charge is 0.444 e. The number of nitro groups is 1. The van der Waals surface area contributed by atoms with Gasteiger partial charge in [-0.25, -0.2) is 9.59 Å². The van der Waals surface area contributed by atoms with Gasteiger partial charge < -0.3 is 14.8 Å². The van der Waals surface area contributed by atoms with E-state index in [0.29, 0.717) is 16.3 Å². The van der Waals surface area contributed by atoms with Crippen molar-refractivity contribution in [2.24, 2.45) is 0 Å². The van der Waals surface area contributed by atoms with E-state index in [1.807, 2.05) is 45.9 Å². The highest BCUT2D eigenvalue weighted by atomic mass is 35.5. The van der Waals surface area contributed by atoms with Crippen LogP contribution in [0.5, 0.6) is 5.75 Å². The van der Waals surface area contributed by atoms with E-state index < -0.39 is 34.2 Å². The predicted molar refractivity (Wildman–Crippen MR) is 144 cm³/mol. The van der Waals surface area contributed by atoms with E-state index in [9.17, 15) is 19.7 Å². The van der Waals surface area contributed by atoms with Gasteiger partial charge in [-0.2, -0.15) is 0 Å². The first-order valence-electron chi connectivity index (χ1n) is 12.4. The summed E-state index contributed by atoms with van der Waals surface area (Å²) in [5, 5.41) is 15.7. The minimum absolute atomic E-state index is 0.0000770. The number of esters is 1. The summed E-state index contributed by atoms with van der Waals surface area (Å²) in [5.41, 5.74) is -1.39. The molecule has 0 bridgehead atoms. The van der Waals surface area contributed by atoms with E-state index in [2.05, 4.69) is 5.32 Å². The fourth-order valence-corrected chi connectivity index (χ4v) is 4.24. The van der Waals surface area contributed by atoms with Gasteiger partial charge in [0.2, 0.25) is 0 Å². The number of amides is 1. The van der Waals surface area contributed by atoms with Crippen LogP contribution in [-0.4, -0.2) is 28.1 Å². The van der Waals surface area contributed by atoms with Crippen molar-refractivity contribution >= 4 is 23.7 Å². The molecule has 0 heterocycles. The minimum atomic E-state index is -2.36. The molecular formula is C28H37ClN2O6. The van der Waals surface area contributed by atoms with Crippen LogP contribution < -0.4 is 10.1 Å². The summed E-state index contributed by atoms with van der Waals surface area (Å²) in [6, 6.07) is 10.3. The molecule has 0 fully saturated rings. The summed E-state index contributed by atoms with van der Waals surface area (Å²) in [6.45, 7) is 14.4. The van der Waals surface area contributed by atoms with Crippen molar-refractivity contribution in [3.63, 3.8) is 0 Å². The Balaban J connectivity index is 2.70. The van der Waals surface area contributed by atoms with Crippen molar-refractivity contribution in [2.45, 2.75) is 90.8 Å². The highest BCUT2D eigenvalue weighted by Crippen LogP contribution is 2.39. The average Bonchev–Trinajstić information content (AvgIpc) is 2.78. The van der Waals surface area contributed by atoms with Crippen LogP contribution in [0.2, 0.25) is 5.02 Å². The molecule has 2 atom stereocenters. The van der Waals surface area contributed by atoms with Gasteiger partial charge in [-0.3, -0.25) is 10.1 Å². The lowest BCUT2D eigenvalue weighted by Crippen LogP contribution is -2.58. The number of carbonyl (C=O) groups excluding carboxylic acids is 2. The van der Waals surface area contributed by atoms with Crippen LogP contribution >= 0.6 is 11.6 Å². The first-order chi connectivity index (χ1) is 17.1. The summed E-state index contributed by atoms with van der Waals surface area (Å²) in [4.78, 5) is 38.8. The smallest absolute Gasteiger partial charge is 0.408 e. The van der Waals surface area contributed by atoms with Crippen LogP contribution in [0, 0.1) is 10.1 Å². The Kier molecular flexibility index (Phi) is 9.72. The summed E-state index contributed by atoms with van der Waals surface area (Å²) in [7, 11) is 0. The third-order valence-electron chi connectivity index (χ3n) is 6.07. The Bertz CT molecular complexity index is 1100. The quantitative estimate of drug-likeness (QED) is 0.158. The fourth-order valence-electron chi connectivity index (χ4n) is 4.12. The lowest BCUT2D eigenvalue weighted by Gasteiger charge is -2.32. The summed E-state index contributed by atoms with van der Waals surface area (Å²) in [6.07, 6.45) is -1.16. The van der Waals surface area contributed by atoms with Crippen molar-refractivity contribution < 1.29 is 24.0 Å².